The normalized spacial score (nSPS) is 26.0. The monoisotopic (exact) mass is 315 g/mol. The first-order valence-electron chi connectivity index (χ1n) is 9.30. The lowest BCUT2D eigenvalue weighted by Gasteiger charge is -2.40. The Morgan fingerprint density at radius 1 is 0.957 bits per heavy atom. The van der Waals surface area contributed by atoms with Crippen molar-refractivity contribution < 1.29 is 9.90 Å². The van der Waals surface area contributed by atoms with Crippen molar-refractivity contribution in [1.29, 1.82) is 0 Å². The van der Waals surface area contributed by atoms with Crippen LogP contribution in [-0.4, -0.2) is 34.6 Å². The van der Waals surface area contributed by atoms with Gasteiger partial charge in [-0.2, -0.15) is 0 Å². The van der Waals surface area contributed by atoms with E-state index in [4.69, 9.17) is 0 Å². The summed E-state index contributed by atoms with van der Waals surface area (Å²) in [4.78, 5) is 15.1. The van der Waals surface area contributed by atoms with Crippen LogP contribution in [0.15, 0.2) is 30.3 Å². The number of benzene rings is 1. The van der Waals surface area contributed by atoms with Gasteiger partial charge in [0.1, 0.15) is 0 Å². The Bertz CT molecular complexity index is 496. The van der Waals surface area contributed by atoms with Gasteiger partial charge in [0, 0.05) is 12.1 Å². The summed E-state index contributed by atoms with van der Waals surface area (Å²) >= 11 is 0. The van der Waals surface area contributed by atoms with Gasteiger partial charge in [-0.25, -0.2) is 0 Å². The second-order valence-electron chi connectivity index (χ2n) is 7.25. The SMILES string of the molecule is O=C(c1ccccc1)N(CC1CCCCC1)C1CCCCC1O. The molecule has 2 aliphatic rings. The van der Waals surface area contributed by atoms with Crippen LogP contribution < -0.4 is 0 Å². The van der Waals surface area contributed by atoms with Crippen molar-refractivity contribution in [3.63, 3.8) is 0 Å². The molecule has 126 valence electrons. The van der Waals surface area contributed by atoms with Crippen molar-refractivity contribution >= 4 is 5.91 Å². The van der Waals surface area contributed by atoms with Crippen molar-refractivity contribution in [2.24, 2.45) is 5.92 Å². The molecule has 0 aliphatic heterocycles. The molecule has 2 unspecified atom stereocenters. The van der Waals surface area contributed by atoms with Crippen LogP contribution in [0.5, 0.6) is 0 Å². The van der Waals surface area contributed by atoms with E-state index in [0.717, 1.165) is 37.8 Å². The molecule has 3 nitrogen and oxygen atoms in total. The van der Waals surface area contributed by atoms with Gasteiger partial charge >= 0.3 is 0 Å². The molecule has 0 heterocycles. The summed E-state index contributed by atoms with van der Waals surface area (Å²) in [6.45, 7) is 0.815. The highest BCUT2D eigenvalue weighted by atomic mass is 16.3. The standard InChI is InChI=1S/C20H29NO2/c22-19-14-8-7-13-18(19)21(15-16-9-3-1-4-10-16)20(23)17-11-5-2-6-12-17/h2,5-6,11-12,16,18-19,22H,1,3-4,7-10,13-15H2. The van der Waals surface area contributed by atoms with Gasteiger partial charge in [-0.1, -0.05) is 50.3 Å². The second kappa shape index (κ2) is 7.96. The van der Waals surface area contributed by atoms with E-state index in [1.54, 1.807) is 0 Å². The Morgan fingerprint density at radius 2 is 1.61 bits per heavy atom. The Morgan fingerprint density at radius 3 is 2.30 bits per heavy atom. The first-order valence-corrected chi connectivity index (χ1v) is 9.30. The maximum absolute atomic E-state index is 13.1. The lowest BCUT2D eigenvalue weighted by Crippen LogP contribution is -2.50. The van der Waals surface area contributed by atoms with Crippen LogP contribution in [0.4, 0.5) is 0 Å². The van der Waals surface area contributed by atoms with Crippen LogP contribution >= 0.6 is 0 Å². The van der Waals surface area contributed by atoms with Gasteiger partial charge in [-0.15, -0.1) is 0 Å². The van der Waals surface area contributed by atoms with Gasteiger partial charge in [-0.05, 0) is 43.7 Å². The number of aliphatic hydroxyl groups is 1. The highest BCUT2D eigenvalue weighted by molar-refractivity contribution is 5.94. The summed E-state index contributed by atoms with van der Waals surface area (Å²) in [6, 6.07) is 9.57. The molecule has 2 fully saturated rings. The van der Waals surface area contributed by atoms with E-state index < -0.39 is 0 Å². The largest absolute Gasteiger partial charge is 0.391 e. The van der Waals surface area contributed by atoms with Crippen LogP contribution in [0.1, 0.15) is 68.1 Å². The second-order valence-corrected chi connectivity index (χ2v) is 7.25. The minimum atomic E-state index is -0.361. The van der Waals surface area contributed by atoms with Crippen LogP contribution in [0.2, 0.25) is 0 Å². The molecule has 2 atom stereocenters. The lowest BCUT2D eigenvalue weighted by molar-refractivity contribution is 0.0108. The minimum absolute atomic E-state index is 0.00150. The summed E-state index contributed by atoms with van der Waals surface area (Å²) < 4.78 is 0. The van der Waals surface area contributed by atoms with E-state index in [2.05, 4.69) is 0 Å². The topological polar surface area (TPSA) is 40.5 Å². The van der Waals surface area contributed by atoms with Crippen molar-refractivity contribution in [1.82, 2.24) is 4.90 Å². The number of amides is 1. The molecule has 1 aromatic carbocycles. The zero-order chi connectivity index (χ0) is 16.1. The van der Waals surface area contributed by atoms with Crippen LogP contribution in [0.25, 0.3) is 0 Å². The van der Waals surface area contributed by atoms with E-state index in [1.807, 2.05) is 35.2 Å². The molecule has 1 N–H and O–H groups in total. The molecule has 2 saturated carbocycles. The Kier molecular flexibility index (Phi) is 5.71. The number of aliphatic hydroxyl groups excluding tert-OH is 1. The average Bonchev–Trinajstić information content (AvgIpc) is 2.61. The summed E-state index contributed by atoms with van der Waals surface area (Å²) in [5.74, 6) is 0.702. The molecule has 0 spiro atoms. The first kappa shape index (κ1) is 16.5. The van der Waals surface area contributed by atoms with Crippen molar-refractivity contribution in [2.75, 3.05) is 6.54 Å². The third kappa shape index (κ3) is 4.14. The molecule has 23 heavy (non-hydrogen) atoms. The summed E-state index contributed by atoms with van der Waals surface area (Å²) in [5.41, 5.74) is 0.751. The molecule has 0 saturated heterocycles. The van der Waals surface area contributed by atoms with Crippen molar-refractivity contribution in [3.8, 4) is 0 Å². The molecule has 0 bridgehead atoms. The maximum Gasteiger partial charge on any atom is 0.254 e. The van der Waals surface area contributed by atoms with Gasteiger partial charge in [-0.3, -0.25) is 4.79 Å². The van der Waals surface area contributed by atoms with E-state index in [9.17, 15) is 9.90 Å². The van der Waals surface area contributed by atoms with E-state index in [0.29, 0.717) is 5.92 Å². The lowest BCUT2D eigenvalue weighted by atomic mass is 9.86. The maximum atomic E-state index is 13.1. The highest BCUT2D eigenvalue weighted by Gasteiger charge is 2.33. The number of nitrogens with zero attached hydrogens (tertiary/aromatic N) is 1. The van der Waals surface area contributed by atoms with Gasteiger partial charge in [0.25, 0.3) is 5.91 Å². The quantitative estimate of drug-likeness (QED) is 0.912. The predicted octanol–water partition coefficient (Wildman–Crippen LogP) is 4.01. The fourth-order valence-electron chi connectivity index (χ4n) is 4.22. The smallest absolute Gasteiger partial charge is 0.254 e. The van der Waals surface area contributed by atoms with Gasteiger partial charge in [0.05, 0.1) is 12.1 Å². The number of hydrogen-bond acceptors (Lipinski definition) is 2. The van der Waals surface area contributed by atoms with E-state index in [-0.39, 0.29) is 18.1 Å². The van der Waals surface area contributed by atoms with Crippen LogP contribution in [0.3, 0.4) is 0 Å². The third-order valence-electron chi connectivity index (χ3n) is 5.56. The number of rotatable bonds is 4. The molecule has 0 aromatic heterocycles. The predicted molar refractivity (Wildman–Crippen MR) is 92.3 cm³/mol. The molecular formula is C20H29NO2. The van der Waals surface area contributed by atoms with Crippen LogP contribution in [-0.2, 0) is 0 Å². The van der Waals surface area contributed by atoms with Crippen molar-refractivity contribution in [3.05, 3.63) is 35.9 Å². The Labute approximate surface area is 139 Å². The molecule has 1 amide bonds. The molecule has 2 aliphatic carbocycles. The van der Waals surface area contributed by atoms with Crippen LogP contribution in [0, 0.1) is 5.92 Å². The fourth-order valence-corrected chi connectivity index (χ4v) is 4.22. The van der Waals surface area contributed by atoms with Gasteiger partial charge in [0.15, 0.2) is 0 Å². The van der Waals surface area contributed by atoms with E-state index >= 15 is 0 Å². The Hall–Kier alpha value is -1.35. The minimum Gasteiger partial charge on any atom is -0.391 e. The zero-order valence-electron chi connectivity index (χ0n) is 14.0. The number of carbonyl (C=O) groups is 1. The van der Waals surface area contributed by atoms with Gasteiger partial charge in [0.2, 0.25) is 0 Å². The third-order valence-corrected chi connectivity index (χ3v) is 5.56. The zero-order valence-corrected chi connectivity index (χ0v) is 14.0. The average molecular weight is 315 g/mol. The molecule has 1 aromatic rings. The number of carbonyl (C=O) groups excluding carboxylic acids is 1. The molecule has 3 rings (SSSR count). The number of hydrogen-bond donors (Lipinski definition) is 1. The fraction of sp³-hybridized carbons (Fsp3) is 0.650. The molecular weight excluding hydrogens is 286 g/mol. The van der Waals surface area contributed by atoms with Gasteiger partial charge < -0.3 is 10.0 Å². The van der Waals surface area contributed by atoms with E-state index in [1.165, 1.54) is 32.1 Å². The summed E-state index contributed by atoms with van der Waals surface area (Å²) in [5, 5.41) is 10.5. The summed E-state index contributed by atoms with van der Waals surface area (Å²) in [6.07, 6.45) is 9.94. The summed E-state index contributed by atoms with van der Waals surface area (Å²) in [7, 11) is 0. The highest BCUT2D eigenvalue weighted by Crippen LogP contribution is 2.29. The Balaban J connectivity index is 1.78. The first-order chi connectivity index (χ1) is 11.3. The van der Waals surface area contributed by atoms with Crippen molar-refractivity contribution in [2.45, 2.75) is 69.9 Å². The molecule has 0 radical (unpaired) electrons. The molecule has 3 heteroatoms.